The van der Waals surface area contributed by atoms with Crippen molar-refractivity contribution in [3.8, 4) is 33.3 Å². The van der Waals surface area contributed by atoms with Crippen molar-refractivity contribution in [2.24, 2.45) is 0 Å². The van der Waals surface area contributed by atoms with Gasteiger partial charge in [0, 0.05) is 98.1 Å². The van der Waals surface area contributed by atoms with E-state index in [1.807, 2.05) is 44.5 Å². The van der Waals surface area contributed by atoms with Crippen LogP contribution in [0.2, 0.25) is 0 Å². The van der Waals surface area contributed by atoms with E-state index in [4.69, 9.17) is 4.42 Å². The Morgan fingerprint density at radius 2 is 1.38 bits per heavy atom. The van der Waals surface area contributed by atoms with Crippen LogP contribution < -0.4 is 0 Å². The molecule has 0 aliphatic heterocycles. The summed E-state index contributed by atoms with van der Waals surface area (Å²) in [6, 6.07) is 21.2. The van der Waals surface area contributed by atoms with Crippen LogP contribution in [0, 0.1) is 78.1 Å². The number of aromatic amines is 4. The van der Waals surface area contributed by atoms with Crippen molar-refractivity contribution in [1.29, 1.82) is 0 Å². The second-order valence-electron chi connectivity index (χ2n) is 8.41. The van der Waals surface area contributed by atoms with Crippen LogP contribution in [0.25, 0.3) is 33.3 Å². The molecule has 3 radical (unpaired) electrons. The molecule has 0 amide bonds. The molecule has 0 atom stereocenters. The molecule has 0 spiro atoms. The molecule has 0 saturated carbocycles. The van der Waals surface area contributed by atoms with Gasteiger partial charge >= 0.3 is 0 Å². The fourth-order valence-electron chi connectivity index (χ4n) is 3.39. The Bertz CT molecular complexity index is 1380. The molecule has 0 aliphatic carbocycles. The van der Waals surface area contributed by atoms with Crippen molar-refractivity contribution in [2.75, 3.05) is 0 Å². The average molecular weight is 759 g/mol. The Morgan fingerprint density at radius 3 is 1.82 bits per heavy atom. The molecule has 39 heavy (non-hydrogen) atoms. The number of furan rings is 1. The monoisotopic (exact) mass is 759 g/mol. The molecule has 4 N–H and O–H groups in total. The van der Waals surface area contributed by atoms with E-state index in [2.05, 4.69) is 77.2 Å². The van der Waals surface area contributed by atoms with Gasteiger partial charge in [0.1, 0.15) is 0 Å². The fraction of sp³-hybridized carbons (Fsp3) is 0.200. The van der Waals surface area contributed by atoms with Gasteiger partial charge in [-0.3, -0.25) is 0 Å². The smallest absolute Gasteiger partial charge is 0 e. The van der Waals surface area contributed by atoms with Crippen LogP contribution in [0.3, 0.4) is 0 Å². The van der Waals surface area contributed by atoms with Gasteiger partial charge in [-0.05, 0) is 6.26 Å². The van der Waals surface area contributed by atoms with Gasteiger partial charge < -0.3 is 35.7 Å². The number of thiophene rings is 1. The minimum Gasteiger partial charge on any atom is -0.602 e. The first-order valence-electron chi connectivity index (χ1n) is 11.5. The molecular formula is C30H28N4OSY3-6. The van der Waals surface area contributed by atoms with E-state index in [1.54, 1.807) is 23.7 Å². The second kappa shape index (κ2) is 17.4. The van der Waals surface area contributed by atoms with Crippen LogP contribution in [-0.4, -0.2) is 19.9 Å². The summed E-state index contributed by atoms with van der Waals surface area (Å²) in [6.07, 6.45) is 6.56. The summed E-state index contributed by atoms with van der Waals surface area (Å²) >= 11 is 1.68. The first-order valence-corrected chi connectivity index (χ1v) is 12.4. The van der Waals surface area contributed by atoms with Gasteiger partial charge in [0.05, 0.1) is 0 Å². The number of hydrogen-bond donors (Lipinski definition) is 4. The van der Waals surface area contributed by atoms with Crippen molar-refractivity contribution in [3.05, 3.63) is 106 Å². The van der Waals surface area contributed by atoms with Gasteiger partial charge in [-0.15, -0.1) is 29.2 Å². The van der Waals surface area contributed by atoms with E-state index in [-0.39, 0.29) is 98.1 Å². The molecule has 0 saturated heterocycles. The summed E-state index contributed by atoms with van der Waals surface area (Å²) in [5.41, 5.74) is 11.0. The third-order valence-electron chi connectivity index (χ3n) is 5.87. The Hall–Kier alpha value is -0.588. The quantitative estimate of drug-likeness (QED) is 0.138. The van der Waals surface area contributed by atoms with E-state index in [0.717, 1.165) is 44.5 Å². The SMILES string of the molecule is Cc1[c-]c(-c2[c-]cco2)[nH]c1C.Cc1[c-]c(-c2[c-]ccs2)[nH]c1C.Cc1[nH][c-]c(-c2[c-]cc[nH]2)c1C.[Y].[Y].[Y]. The van der Waals surface area contributed by atoms with E-state index in [9.17, 15) is 0 Å². The maximum Gasteiger partial charge on any atom is 0 e. The predicted octanol–water partition coefficient (Wildman–Crippen LogP) is 7.67. The van der Waals surface area contributed by atoms with Gasteiger partial charge in [-0.1, -0.05) is 58.7 Å². The summed E-state index contributed by atoms with van der Waals surface area (Å²) in [5, 5.41) is 2.02. The molecule has 6 aromatic rings. The third-order valence-corrected chi connectivity index (χ3v) is 6.70. The zero-order valence-corrected chi connectivity index (χ0v) is 32.3. The molecule has 0 unspecified atom stereocenters. The summed E-state index contributed by atoms with van der Waals surface area (Å²) in [4.78, 5) is 13.7. The van der Waals surface area contributed by atoms with Crippen molar-refractivity contribution in [1.82, 2.24) is 19.9 Å². The molecular weight excluding hydrogens is 731 g/mol. The van der Waals surface area contributed by atoms with Crippen molar-refractivity contribution < 1.29 is 103 Å². The van der Waals surface area contributed by atoms with Crippen LogP contribution in [0.1, 0.15) is 33.8 Å². The second-order valence-corrected chi connectivity index (χ2v) is 9.33. The third kappa shape index (κ3) is 9.74. The molecule has 6 rings (SSSR count). The molecule has 0 aliphatic rings. The number of aryl methyl sites for hydroxylation is 5. The van der Waals surface area contributed by atoms with Crippen LogP contribution in [0.15, 0.2) is 40.5 Å². The molecule has 5 nitrogen and oxygen atoms in total. The first kappa shape index (κ1) is 36.4. The molecule has 0 fully saturated rings. The van der Waals surface area contributed by atoms with Crippen LogP contribution in [0.4, 0.5) is 0 Å². The zero-order chi connectivity index (χ0) is 25.7. The Morgan fingerprint density at radius 1 is 0.718 bits per heavy atom. The molecule has 6 aromatic heterocycles. The Kier molecular flexibility index (Phi) is 16.2. The minimum atomic E-state index is 0. The van der Waals surface area contributed by atoms with Crippen molar-refractivity contribution in [3.63, 3.8) is 0 Å². The van der Waals surface area contributed by atoms with Crippen molar-refractivity contribution in [2.45, 2.75) is 41.5 Å². The Balaban J connectivity index is 0.000000282. The number of H-pyrrole nitrogens is 4. The number of rotatable bonds is 3. The molecule has 9 heteroatoms. The standard InChI is InChI=1S/C10H10N2.C10H9NO.C10H9NS.3Y/c1-7-8(2)12-6-9(7)10-4-3-5-11-10;2*1-7-6-9(11-8(7)2)10-4-3-5-12-10;;;/h3,5,11-12H,1-2H3;2*3,5,11H,1-2H3;;;/q3*-2;;;. The van der Waals surface area contributed by atoms with Gasteiger partial charge in [-0.2, -0.15) is 51.2 Å². The van der Waals surface area contributed by atoms with Gasteiger partial charge in [-0.25, -0.2) is 35.9 Å². The first-order chi connectivity index (χ1) is 17.3. The number of hydrogen-bond acceptors (Lipinski definition) is 2. The van der Waals surface area contributed by atoms with E-state index < -0.39 is 0 Å². The number of aromatic nitrogens is 4. The maximum atomic E-state index is 5.17. The fourth-order valence-corrected chi connectivity index (χ4v) is 4.01. The van der Waals surface area contributed by atoms with E-state index in [0.29, 0.717) is 5.76 Å². The van der Waals surface area contributed by atoms with Gasteiger partial charge in [0.2, 0.25) is 0 Å². The summed E-state index contributed by atoms with van der Waals surface area (Å²) < 4.78 is 5.17. The average Bonchev–Trinajstić information content (AvgIpc) is 3.67. The largest absolute Gasteiger partial charge is 0.602 e. The van der Waals surface area contributed by atoms with Gasteiger partial charge in [0.25, 0.3) is 0 Å². The van der Waals surface area contributed by atoms with E-state index >= 15 is 0 Å². The molecule has 0 aromatic carbocycles. The minimum absolute atomic E-state index is 0. The van der Waals surface area contributed by atoms with Crippen LogP contribution >= 0.6 is 11.3 Å². The predicted molar refractivity (Wildman–Crippen MR) is 145 cm³/mol. The summed E-state index contributed by atoms with van der Waals surface area (Å²) in [5.74, 6) is 0.714. The molecule has 0 bridgehead atoms. The van der Waals surface area contributed by atoms with E-state index in [1.165, 1.54) is 16.8 Å². The summed E-state index contributed by atoms with van der Waals surface area (Å²) in [6.45, 7) is 12.3. The van der Waals surface area contributed by atoms with Crippen molar-refractivity contribution >= 4 is 11.3 Å². The molecule has 6 heterocycles. The zero-order valence-electron chi connectivity index (χ0n) is 23.0. The van der Waals surface area contributed by atoms with Gasteiger partial charge in [0.15, 0.2) is 0 Å². The number of nitrogens with one attached hydrogen (secondary N) is 4. The topological polar surface area (TPSA) is 76.3 Å². The Labute approximate surface area is 310 Å². The van der Waals surface area contributed by atoms with Crippen LogP contribution in [-0.2, 0) is 98.1 Å². The van der Waals surface area contributed by atoms with Crippen LogP contribution in [0.5, 0.6) is 0 Å². The maximum absolute atomic E-state index is 5.17. The normalized spacial score (nSPS) is 9.69. The molecule has 195 valence electrons. The summed E-state index contributed by atoms with van der Waals surface area (Å²) in [7, 11) is 0.